The van der Waals surface area contributed by atoms with Crippen LogP contribution in [0.4, 0.5) is 0 Å². The molecule has 4 rings (SSSR count). The SMILES string of the molecule is CC1=C(C)C([Si](c2cc(C)cc(C)c2)(c2cc(C)cc(C)c2)c2cc(C(C)C)cc(C(C)C)c2)C(C)=C1C. The van der Waals surface area contributed by atoms with Gasteiger partial charge in [-0.2, -0.15) is 0 Å². The molecule has 0 heterocycles. The molecule has 0 saturated carbocycles. The summed E-state index contributed by atoms with van der Waals surface area (Å²) < 4.78 is 0. The lowest BCUT2D eigenvalue weighted by Crippen LogP contribution is -2.70. The van der Waals surface area contributed by atoms with Crippen molar-refractivity contribution < 1.29 is 0 Å². The first-order chi connectivity index (χ1) is 17.8. The summed E-state index contributed by atoms with van der Waals surface area (Å²) in [6.45, 7) is 28.0. The Morgan fingerprint density at radius 3 is 1.08 bits per heavy atom. The maximum Gasteiger partial charge on any atom is 0.159 e. The van der Waals surface area contributed by atoms with Crippen molar-refractivity contribution in [2.24, 2.45) is 0 Å². The monoisotopic (exact) mass is 520 g/mol. The maximum atomic E-state index is 2.60. The molecule has 0 atom stereocenters. The molecule has 0 unspecified atom stereocenters. The first-order valence-corrected chi connectivity index (χ1v) is 16.5. The van der Waals surface area contributed by atoms with Crippen LogP contribution in [-0.4, -0.2) is 8.07 Å². The highest BCUT2D eigenvalue weighted by molar-refractivity contribution is 7.13. The predicted octanol–water partition coefficient (Wildman–Crippen LogP) is 8.69. The van der Waals surface area contributed by atoms with E-state index in [1.165, 1.54) is 44.5 Å². The van der Waals surface area contributed by atoms with E-state index in [-0.39, 0.29) is 0 Å². The highest BCUT2D eigenvalue weighted by atomic mass is 28.3. The fourth-order valence-electron chi connectivity index (χ4n) is 6.97. The minimum Gasteiger partial charge on any atom is -0.0647 e. The summed E-state index contributed by atoms with van der Waals surface area (Å²) in [5.74, 6) is 0.968. The molecule has 0 aromatic heterocycles. The van der Waals surface area contributed by atoms with Crippen LogP contribution in [0.25, 0.3) is 0 Å². The summed E-state index contributed by atoms with van der Waals surface area (Å²) in [5, 5.41) is 4.65. The van der Waals surface area contributed by atoms with Crippen LogP contribution in [0, 0.1) is 27.7 Å². The minimum atomic E-state index is -2.60. The normalized spacial score (nSPS) is 15.0. The lowest BCUT2D eigenvalue weighted by Gasteiger charge is -2.42. The largest absolute Gasteiger partial charge is 0.159 e. The van der Waals surface area contributed by atoms with Crippen molar-refractivity contribution in [1.29, 1.82) is 0 Å². The maximum absolute atomic E-state index is 2.60. The van der Waals surface area contributed by atoms with Gasteiger partial charge in [-0.1, -0.05) is 116 Å². The Balaban J connectivity index is 2.31. The minimum absolute atomic E-state index is 0.396. The molecule has 3 aromatic carbocycles. The molecule has 0 aliphatic heterocycles. The van der Waals surface area contributed by atoms with Crippen LogP contribution in [0.15, 0.2) is 76.9 Å². The predicted molar refractivity (Wildman–Crippen MR) is 172 cm³/mol. The Morgan fingerprint density at radius 2 is 0.763 bits per heavy atom. The van der Waals surface area contributed by atoms with Gasteiger partial charge in [0, 0.05) is 5.54 Å². The van der Waals surface area contributed by atoms with Crippen molar-refractivity contribution in [1.82, 2.24) is 0 Å². The van der Waals surface area contributed by atoms with E-state index in [1.807, 2.05) is 0 Å². The molecule has 3 aromatic rings. The van der Waals surface area contributed by atoms with Gasteiger partial charge in [0.1, 0.15) is 0 Å². The highest BCUT2D eigenvalue weighted by Gasteiger charge is 2.50. The van der Waals surface area contributed by atoms with E-state index in [0.717, 1.165) is 0 Å². The Morgan fingerprint density at radius 1 is 0.447 bits per heavy atom. The first kappa shape index (κ1) is 28.4. The van der Waals surface area contributed by atoms with Crippen LogP contribution >= 0.6 is 0 Å². The molecular weight excluding hydrogens is 472 g/mol. The molecule has 0 N–H and O–H groups in total. The third-order valence-electron chi connectivity index (χ3n) is 9.16. The van der Waals surface area contributed by atoms with E-state index in [1.54, 1.807) is 26.7 Å². The number of aryl methyl sites for hydroxylation is 4. The standard InChI is InChI=1S/C37H48Si/c1-22(2)32-19-33(23(3)4)21-36(20-32)38(34-15-24(5)13-25(6)16-34,35-17-26(7)14-27(8)18-35)37-30(11)28(9)29(10)31(37)12/h13-23,37H,1-12H3. The van der Waals surface area contributed by atoms with Crippen LogP contribution in [-0.2, 0) is 0 Å². The molecule has 0 bridgehead atoms. The summed E-state index contributed by atoms with van der Waals surface area (Å²) in [6, 6.07) is 22.4. The van der Waals surface area contributed by atoms with Gasteiger partial charge in [0.25, 0.3) is 0 Å². The Hall–Kier alpha value is -2.64. The molecular formula is C37H48Si. The molecule has 200 valence electrons. The lowest BCUT2D eigenvalue weighted by molar-refractivity contribution is 0.835. The smallest absolute Gasteiger partial charge is 0.0647 e. The average molecular weight is 521 g/mol. The zero-order valence-electron chi connectivity index (χ0n) is 25.9. The third-order valence-corrected chi connectivity index (χ3v) is 14.5. The van der Waals surface area contributed by atoms with Gasteiger partial charge >= 0.3 is 0 Å². The van der Waals surface area contributed by atoms with E-state index in [2.05, 4.69) is 138 Å². The van der Waals surface area contributed by atoms with Crippen molar-refractivity contribution in [2.45, 2.75) is 100 Å². The molecule has 0 spiro atoms. The number of benzene rings is 3. The molecule has 0 radical (unpaired) electrons. The Bertz CT molecular complexity index is 1300. The average Bonchev–Trinajstić information content (AvgIpc) is 3.01. The van der Waals surface area contributed by atoms with Crippen molar-refractivity contribution >= 4 is 23.6 Å². The van der Waals surface area contributed by atoms with E-state index in [9.17, 15) is 0 Å². The first-order valence-electron chi connectivity index (χ1n) is 14.4. The zero-order valence-corrected chi connectivity index (χ0v) is 26.9. The molecule has 1 heteroatoms. The molecule has 0 nitrogen and oxygen atoms in total. The summed E-state index contributed by atoms with van der Waals surface area (Å²) in [6.07, 6.45) is 0. The van der Waals surface area contributed by atoms with Gasteiger partial charge in [0.2, 0.25) is 0 Å². The van der Waals surface area contributed by atoms with Gasteiger partial charge in [-0.15, -0.1) is 0 Å². The zero-order chi connectivity index (χ0) is 28.1. The van der Waals surface area contributed by atoms with Crippen molar-refractivity contribution in [3.63, 3.8) is 0 Å². The number of hydrogen-bond acceptors (Lipinski definition) is 0. The van der Waals surface area contributed by atoms with Crippen molar-refractivity contribution in [3.05, 3.63) is 110 Å². The van der Waals surface area contributed by atoms with Gasteiger partial charge in [0.15, 0.2) is 8.07 Å². The van der Waals surface area contributed by atoms with Crippen LogP contribution < -0.4 is 15.6 Å². The fourth-order valence-corrected chi connectivity index (χ4v) is 13.3. The van der Waals surface area contributed by atoms with E-state index < -0.39 is 8.07 Å². The summed E-state index contributed by atoms with van der Waals surface area (Å²) in [4.78, 5) is 0. The molecule has 1 aliphatic carbocycles. The third kappa shape index (κ3) is 4.79. The van der Waals surface area contributed by atoms with Crippen LogP contribution in [0.1, 0.15) is 101 Å². The van der Waals surface area contributed by atoms with Gasteiger partial charge < -0.3 is 0 Å². The Labute approximate surface area is 233 Å². The van der Waals surface area contributed by atoms with E-state index in [0.29, 0.717) is 17.4 Å². The second kappa shape index (κ2) is 10.5. The summed E-state index contributed by atoms with van der Waals surface area (Å²) in [7, 11) is -2.60. The van der Waals surface area contributed by atoms with Crippen LogP contribution in [0.3, 0.4) is 0 Å². The molecule has 1 aliphatic rings. The van der Waals surface area contributed by atoms with Gasteiger partial charge in [-0.25, -0.2) is 0 Å². The van der Waals surface area contributed by atoms with E-state index >= 15 is 0 Å². The number of allylic oxidation sites excluding steroid dienone is 4. The Kier molecular flexibility index (Phi) is 7.83. The van der Waals surface area contributed by atoms with Gasteiger partial charge in [-0.05, 0) is 105 Å². The lowest BCUT2D eigenvalue weighted by atomic mass is 9.96. The van der Waals surface area contributed by atoms with Crippen molar-refractivity contribution in [2.75, 3.05) is 0 Å². The molecule has 38 heavy (non-hydrogen) atoms. The van der Waals surface area contributed by atoms with Gasteiger partial charge in [-0.3, -0.25) is 0 Å². The fraction of sp³-hybridized carbons (Fsp3) is 0.405. The van der Waals surface area contributed by atoms with Crippen LogP contribution in [0.2, 0.25) is 5.54 Å². The quantitative estimate of drug-likeness (QED) is 0.225. The van der Waals surface area contributed by atoms with E-state index in [4.69, 9.17) is 0 Å². The number of hydrogen-bond donors (Lipinski definition) is 0. The molecule has 0 amide bonds. The highest BCUT2D eigenvalue weighted by Crippen LogP contribution is 2.46. The second-order valence-corrected chi connectivity index (χ2v) is 16.7. The second-order valence-electron chi connectivity index (χ2n) is 12.8. The topological polar surface area (TPSA) is 0 Å². The van der Waals surface area contributed by atoms with Crippen molar-refractivity contribution in [3.8, 4) is 0 Å². The number of rotatable bonds is 6. The summed E-state index contributed by atoms with van der Waals surface area (Å²) in [5.41, 5.74) is 14.9. The van der Waals surface area contributed by atoms with Crippen LogP contribution in [0.5, 0.6) is 0 Å². The molecule has 0 saturated heterocycles. The molecule has 0 fully saturated rings. The summed E-state index contributed by atoms with van der Waals surface area (Å²) >= 11 is 0. The van der Waals surface area contributed by atoms with Gasteiger partial charge in [0.05, 0.1) is 0 Å².